The number of aromatic amines is 1. The number of benzene rings is 3. The summed E-state index contributed by atoms with van der Waals surface area (Å²) < 4.78 is 65.4. The molecule has 0 unspecified atom stereocenters. The van der Waals surface area contributed by atoms with E-state index in [0.29, 0.717) is 16.8 Å². The Kier molecular flexibility index (Phi) is 5.49. The third kappa shape index (κ3) is 4.34. The Morgan fingerprint density at radius 3 is 2.06 bits per heavy atom. The van der Waals surface area contributed by atoms with Crippen molar-refractivity contribution in [2.75, 3.05) is 0 Å². The van der Waals surface area contributed by atoms with Crippen LogP contribution < -0.4 is 5.56 Å². The van der Waals surface area contributed by atoms with E-state index in [1.54, 1.807) is 25.1 Å². The molecule has 0 aliphatic rings. The minimum absolute atomic E-state index is 0.0169. The van der Waals surface area contributed by atoms with Crippen LogP contribution in [0.2, 0.25) is 0 Å². The van der Waals surface area contributed by atoms with Crippen LogP contribution in [0.3, 0.4) is 0 Å². The average molecular weight is 489 g/mol. The molecule has 0 fully saturated rings. The van der Waals surface area contributed by atoms with Gasteiger partial charge in [-0.25, -0.2) is 4.68 Å². The zero-order chi connectivity index (χ0) is 24.0. The number of nitrogens with zero attached hydrogens (tertiary/aromatic N) is 3. The number of azo groups is 1. The highest BCUT2D eigenvalue weighted by Crippen LogP contribution is 2.32. The lowest BCUT2D eigenvalue weighted by molar-refractivity contribution is 0.481. The van der Waals surface area contributed by atoms with E-state index in [1.807, 2.05) is 0 Å². The van der Waals surface area contributed by atoms with E-state index >= 15 is 0 Å². The first-order valence-electron chi connectivity index (χ1n) is 9.27. The number of nitrogens with one attached hydrogen (secondary N) is 1. The predicted molar refractivity (Wildman–Crippen MR) is 119 cm³/mol. The number of hydrogen-bond donors (Lipinski definition) is 3. The van der Waals surface area contributed by atoms with Crippen molar-refractivity contribution in [2.24, 2.45) is 10.2 Å². The molecular formula is C20H16N4O7S2. The van der Waals surface area contributed by atoms with Crippen LogP contribution in [0, 0.1) is 6.92 Å². The van der Waals surface area contributed by atoms with Crippen LogP contribution in [0.5, 0.6) is 0 Å². The molecule has 0 radical (unpaired) electrons. The van der Waals surface area contributed by atoms with Crippen molar-refractivity contribution in [3.05, 3.63) is 76.7 Å². The fraction of sp³-hybridized carbons (Fsp3) is 0.0500. The molecule has 0 spiro atoms. The van der Waals surface area contributed by atoms with E-state index in [-0.39, 0.29) is 26.6 Å². The zero-order valence-corrected chi connectivity index (χ0v) is 18.5. The van der Waals surface area contributed by atoms with Crippen LogP contribution in [0.4, 0.5) is 11.4 Å². The lowest BCUT2D eigenvalue weighted by Crippen LogP contribution is -2.14. The number of H-pyrrole nitrogens is 1. The van der Waals surface area contributed by atoms with Gasteiger partial charge in [0.25, 0.3) is 25.8 Å². The van der Waals surface area contributed by atoms with Gasteiger partial charge in [-0.3, -0.25) is 19.0 Å². The fourth-order valence-corrected chi connectivity index (χ4v) is 4.45. The van der Waals surface area contributed by atoms with Crippen LogP contribution in [0.15, 0.2) is 85.5 Å². The van der Waals surface area contributed by atoms with Gasteiger partial charge in [0.1, 0.15) is 4.90 Å². The second-order valence-electron chi connectivity index (χ2n) is 7.00. The van der Waals surface area contributed by atoms with E-state index < -0.39 is 25.8 Å². The molecule has 1 aromatic heterocycles. The molecule has 0 saturated carbocycles. The summed E-state index contributed by atoms with van der Waals surface area (Å²) in [7, 11) is -8.82. The highest BCUT2D eigenvalue weighted by atomic mass is 32.2. The molecule has 4 rings (SSSR count). The first-order chi connectivity index (χ1) is 15.5. The summed E-state index contributed by atoms with van der Waals surface area (Å²) in [6.45, 7) is 1.60. The maximum atomic E-state index is 12.8. The Balaban J connectivity index is 1.76. The Morgan fingerprint density at radius 2 is 1.45 bits per heavy atom. The van der Waals surface area contributed by atoms with Gasteiger partial charge >= 0.3 is 0 Å². The molecule has 3 N–H and O–H groups in total. The second-order valence-corrected chi connectivity index (χ2v) is 9.81. The smallest absolute Gasteiger partial charge is 0.293 e. The first-order valence-corrected chi connectivity index (χ1v) is 12.2. The summed E-state index contributed by atoms with van der Waals surface area (Å²) >= 11 is 0. The summed E-state index contributed by atoms with van der Waals surface area (Å²) in [5, 5.41) is 11.6. The summed E-state index contributed by atoms with van der Waals surface area (Å²) in [5.74, 6) is 0. The van der Waals surface area contributed by atoms with Crippen LogP contribution in [-0.2, 0) is 20.2 Å². The minimum Gasteiger partial charge on any atom is -0.293 e. The molecule has 3 aromatic carbocycles. The molecule has 0 atom stereocenters. The largest absolute Gasteiger partial charge is 0.299 e. The van der Waals surface area contributed by atoms with E-state index in [0.717, 1.165) is 16.8 Å². The fourth-order valence-electron chi connectivity index (χ4n) is 3.28. The topological polar surface area (TPSA) is 171 Å². The van der Waals surface area contributed by atoms with E-state index in [1.165, 1.54) is 30.3 Å². The summed E-state index contributed by atoms with van der Waals surface area (Å²) in [6, 6.07) is 13.9. The van der Waals surface area contributed by atoms with Crippen LogP contribution in [0.25, 0.3) is 16.5 Å². The van der Waals surface area contributed by atoms with Gasteiger partial charge in [-0.15, -0.1) is 10.2 Å². The van der Waals surface area contributed by atoms with Gasteiger partial charge < -0.3 is 0 Å². The molecule has 33 heavy (non-hydrogen) atoms. The highest BCUT2D eigenvalue weighted by Gasteiger charge is 2.17. The predicted octanol–water partition coefficient (Wildman–Crippen LogP) is 3.54. The monoisotopic (exact) mass is 488 g/mol. The quantitative estimate of drug-likeness (QED) is 0.285. The third-order valence-electron chi connectivity index (χ3n) is 4.83. The zero-order valence-electron chi connectivity index (χ0n) is 16.9. The second kappa shape index (κ2) is 8.04. The average Bonchev–Trinajstić information content (AvgIpc) is 3.04. The van der Waals surface area contributed by atoms with Crippen molar-refractivity contribution in [3.63, 3.8) is 0 Å². The Hall–Kier alpha value is -3.65. The van der Waals surface area contributed by atoms with Crippen molar-refractivity contribution >= 4 is 42.4 Å². The lowest BCUT2D eigenvalue weighted by atomic mass is 10.1. The molecule has 13 heteroatoms. The third-order valence-corrected chi connectivity index (χ3v) is 6.61. The molecule has 4 aromatic rings. The molecule has 0 aliphatic heterocycles. The Bertz CT molecular complexity index is 1680. The van der Waals surface area contributed by atoms with E-state index in [9.17, 15) is 26.2 Å². The molecule has 0 bridgehead atoms. The van der Waals surface area contributed by atoms with Gasteiger partial charge in [-0.1, -0.05) is 24.3 Å². The van der Waals surface area contributed by atoms with Crippen LogP contribution in [0.1, 0.15) is 5.69 Å². The van der Waals surface area contributed by atoms with Gasteiger partial charge in [0.15, 0.2) is 5.69 Å². The molecule has 11 nitrogen and oxygen atoms in total. The summed E-state index contributed by atoms with van der Waals surface area (Å²) in [6.07, 6.45) is 0. The van der Waals surface area contributed by atoms with Crippen molar-refractivity contribution < 1.29 is 25.9 Å². The van der Waals surface area contributed by atoms with E-state index in [4.69, 9.17) is 4.55 Å². The van der Waals surface area contributed by atoms with Gasteiger partial charge in [0.05, 0.1) is 22.0 Å². The van der Waals surface area contributed by atoms with Gasteiger partial charge in [0, 0.05) is 10.8 Å². The van der Waals surface area contributed by atoms with Crippen molar-refractivity contribution in [2.45, 2.75) is 16.7 Å². The molecule has 0 saturated heterocycles. The number of aromatic nitrogens is 2. The van der Waals surface area contributed by atoms with Gasteiger partial charge in [-0.05, 0) is 43.3 Å². The standard InChI is InChI=1S/C20H16N4O7S2/c1-12-19(20(25)24(23-12)13-6-8-14(9-7-13)32(26,27)28)22-21-17-10-11-18(33(29,30)31)16-5-3-2-4-15(16)17/h2-11,23H,1H3,(H,26,27,28)(H,29,30,31). The SMILES string of the molecule is Cc1[nH]n(-c2ccc(S(=O)(=O)O)cc2)c(=O)c1N=Nc1ccc(S(=O)(=O)O)c2ccccc12. The molecule has 0 aliphatic carbocycles. The number of fused-ring (bicyclic) bond motifs is 1. The lowest BCUT2D eigenvalue weighted by Gasteiger charge is -2.05. The highest BCUT2D eigenvalue weighted by molar-refractivity contribution is 7.86. The first kappa shape index (κ1) is 22.5. The normalized spacial score (nSPS) is 12.6. The summed E-state index contributed by atoms with van der Waals surface area (Å²) in [4.78, 5) is 12.3. The van der Waals surface area contributed by atoms with Crippen molar-refractivity contribution in [3.8, 4) is 5.69 Å². The number of aryl methyl sites for hydroxylation is 1. The minimum atomic E-state index is -4.45. The van der Waals surface area contributed by atoms with E-state index in [2.05, 4.69) is 15.3 Å². The Morgan fingerprint density at radius 1 is 0.818 bits per heavy atom. The van der Waals surface area contributed by atoms with Crippen LogP contribution in [-0.4, -0.2) is 35.7 Å². The molecule has 170 valence electrons. The molecular weight excluding hydrogens is 472 g/mol. The maximum absolute atomic E-state index is 12.8. The molecule has 0 amide bonds. The van der Waals surface area contributed by atoms with Gasteiger partial charge in [-0.2, -0.15) is 16.8 Å². The Labute approximate surface area is 187 Å². The van der Waals surface area contributed by atoms with Crippen molar-refractivity contribution in [1.29, 1.82) is 0 Å². The maximum Gasteiger partial charge on any atom is 0.299 e. The van der Waals surface area contributed by atoms with Gasteiger partial charge in [0.2, 0.25) is 0 Å². The number of rotatable bonds is 5. The summed E-state index contributed by atoms with van der Waals surface area (Å²) in [5.41, 5.74) is 0.384. The molecule has 1 heterocycles. The van der Waals surface area contributed by atoms with Crippen LogP contribution >= 0.6 is 0 Å². The van der Waals surface area contributed by atoms with Crippen molar-refractivity contribution in [1.82, 2.24) is 9.78 Å². The number of hydrogen-bond acceptors (Lipinski definition) is 7.